The van der Waals surface area contributed by atoms with E-state index in [1.165, 1.54) is 89.9 Å². The molecular formula is C55H92O6. The SMILES string of the molecule is CC/C=C\C/C=C\C/C=C\C/C=C\C/C=C\CCCCCC(=O)OCC(COC(=O)CCC/C=C\CCCCCC)OC(=O)CCCCCCCCC/C=C\CCCCCC. The van der Waals surface area contributed by atoms with Gasteiger partial charge in [-0.05, 0) is 109 Å². The molecule has 0 heterocycles. The minimum atomic E-state index is -0.802. The first-order valence-corrected chi connectivity index (χ1v) is 25.1. The van der Waals surface area contributed by atoms with E-state index in [-0.39, 0.29) is 31.1 Å². The molecule has 6 heteroatoms. The molecule has 0 fully saturated rings. The maximum atomic E-state index is 12.8. The lowest BCUT2D eigenvalue weighted by molar-refractivity contribution is -0.167. The molecule has 1 atom stereocenters. The average Bonchev–Trinajstić information content (AvgIpc) is 3.26. The molecule has 0 aromatic carbocycles. The summed E-state index contributed by atoms with van der Waals surface area (Å²) in [5.74, 6) is -0.977. The minimum Gasteiger partial charge on any atom is -0.462 e. The van der Waals surface area contributed by atoms with Crippen LogP contribution in [0.2, 0.25) is 0 Å². The summed E-state index contributed by atoms with van der Waals surface area (Å²) in [7, 11) is 0. The number of allylic oxidation sites excluding steroid dienone is 14. The first-order valence-electron chi connectivity index (χ1n) is 25.1. The van der Waals surface area contributed by atoms with Gasteiger partial charge in [-0.3, -0.25) is 14.4 Å². The Balaban J connectivity index is 4.42. The number of unbranched alkanes of at least 4 members (excludes halogenated alkanes) is 19. The topological polar surface area (TPSA) is 78.9 Å². The molecule has 348 valence electrons. The number of hydrogen-bond acceptors (Lipinski definition) is 6. The zero-order chi connectivity index (χ0) is 44.4. The Morgan fingerprint density at radius 3 is 1.10 bits per heavy atom. The van der Waals surface area contributed by atoms with Crippen LogP contribution >= 0.6 is 0 Å². The second-order valence-corrected chi connectivity index (χ2v) is 16.3. The lowest BCUT2D eigenvalue weighted by Crippen LogP contribution is -2.30. The molecule has 0 spiro atoms. The van der Waals surface area contributed by atoms with E-state index in [1.54, 1.807) is 0 Å². The quantitative estimate of drug-likeness (QED) is 0.0263. The summed E-state index contributed by atoms with van der Waals surface area (Å²) in [5, 5.41) is 0. The molecule has 0 N–H and O–H groups in total. The van der Waals surface area contributed by atoms with Crippen LogP contribution in [0.3, 0.4) is 0 Å². The van der Waals surface area contributed by atoms with Gasteiger partial charge in [-0.2, -0.15) is 0 Å². The minimum absolute atomic E-state index is 0.104. The molecule has 0 aliphatic rings. The molecule has 6 nitrogen and oxygen atoms in total. The third-order valence-electron chi connectivity index (χ3n) is 10.4. The predicted molar refractivity (Wildman–Crippen MR) is 261 cm³/mol. The van der Waals surface area contributed by atoms with Crippen molar-refractivity contribution < 1.29 is 28.6 Å². The van der Waals surface area contributed by atoms with Crippen LogP contribution < -0.4 is 0 Å². The fourth-order valence-corrected chi connectivity index (χ4v) is 6.58. The van der Waals surface area contributed by atoms with Gasteiger partial charge in [0.15, 0.2) is 6.10 Å². The number of rotatable bonds is 44. The van der Waals surface area contributed by atoms with Crippen molar-refractivity contribution in [2.75, 3.05) is 13.2 Å². The van der Waals surface area contributed by atoms with Crippen LogP contribution in [0.4, 0.5) is 0 Å². The molecule has 0 saturated heterocycles. The molecule has 1 unspecified atom stereocenters. The Bertz CT molecular complexity index is 1200. The van der Waals surface area contributed by atoms with Crippen molar-refractivity contribution in [3.8, 4) is 0 Å². The molecular weight excluding hydrogens is 757 g/mol. The van der Waals surface area contributed by atoms with Crippen molar-refractivity contribution in [3.63, 3.8) is 0 Å². The summed E-state index contributed by atoms with van der Waals surface area (Å²) in [6, 6.07) is 0. The number of esters is 3. The van der Waals surface area contributed by atoms with Gasteiger partial charge in [-0.15, -0.1) is 0 Å². The van der Waals surface area contributed by atoms with Gasteiger partial charge in [-0.25, -0.2) is 0 Å². The maximum Gasteiger partial charge on any atom is 0.306 e. The van der Waals surface area contributed by atoms with Gasteiger partial charge in [0.25, 0.3) is 0 Å². The molecule has 0 radical (unpaired) electrons. The highest BCUT2D eigenvalue weighted by molar-refractivity contribution is 5.71. The lowest BCUT2D eigenvalue weighted by Gasteiger charge is -2.18. The summed E-state index contributed by atoms with van der Waals surface area (Å²) in [4.78, 5) is 37.8. The summed E-state index contributed by atoms with van der Waals surface area (Å²) in [6.45, 7) is 6.41. The van der Waals surface area contributed by atoms with E-state index in [0.29, 0.717) is 25.7 Å². The number of hydrogen-bond donors (Lipinski definition) is 0. The molecule has 0 aromatic heterocycles. The molecule has 0 rings (SSSR count). The van der Waals surface area contributed by atoms with E-state index in [9.17, 15) is 14.4 Å². The maximum absolute atomic E-state index is 12.8. The third-order valence-corrected chi connectivity index (χ3v) is 10.4. The average molecular weight is 849 g/mol. The summed E-state index contributed by atoms with van der Waals surface area (Å²) >= 11 is 0. The van der Waals surface area contributed by atoms with E-state index < -0.39 is 6.10 Å². The zero-order valence-corrected chi connectivity index (χ0v) is 39.7. The van der Waals surface area contributed by atoms with Crippen molar-refractivity contribution in [2.45, 2.75) is 232 Å². The molecule has 0 amide bonds. The Labute approximate surface area is 375 Å². The van der Waals surface area contributed by atoms with Crippen molar-refractivity contribution in [3.05, 3.63) is 85.1 Å². The first-order chi connectivity index (χ1) is 30.0. The van der Waals surface area contributed by atoms with Gasteiger partial charge in [0, 0.05) is 19.3 Å². The van der Waals surface area contributed by atoms with Gasteiger partial charge >= 0.3 is 17.9 Å². The van der Waals surface area contributed by atoms with Crippen LogP contribution in [0.1, 0.15) is 226 Å². The fourth-order valence-electron chi connectivity index (χ4n) is 6.58. The highest BCUT2D eigenvalue weighted by atomic mass is 16.6. The Hall–Kier alpha value is -3.41. The van der Waals surface area contributed by atoms with E-state index >= 15 is 0 Å². The van der Waals surface area contributed by atoms with Gasteiger partial charge in [0.2, 0.25) is 0 Å². The number of ether oxygens (including phenoxy) is 3. The number of carbonyl (C=O) groups excluding carboxylic acids is 3. The summed E-state index contributed by atoms with van der Waals surface area (Å²) in [6.07, 6.45) is 62.9. The van der Waals surface area contributed by atoms with Crippen molar-refractivity contribution in [1.82, 2.24) is 0 Å². The molecule has 0 aromatic rings. The Morgan fingerprint density at radius 2 is 0.656 bits per heavy atom. The highest BCUT2D eigenvalue weighted by Crippen LogP contribution is 2.13. The van der Waals surface area contributed by atoms with Crippen molar-refractivity contribution in [1.29, 1.82) is 0 Å². The highest BCUT2D eigenvalue weighted by Gasteiger charge is 2.19. The zero-order valence-electron chi connectivity index (χ0n) is 39.7. The predicted octanol–water partition coefficient (Wildman–Crippen LogP) is 16.4. The van der Waals surface area contributed by atoms with Gasteiger partial charge < -0.3 is 14.2 Å². The lowest BCUT2D eigenvalue weighted by atomic mass is 10.1. The molecule has 0 aliphatic heterocycles. The van der Waals surface area contributed by atoms with Crippen LogP contribution in [-0.2, 0) is 28.6 Å². The molecule has 0 aliphatic carbocycles. The van der Waals surface area contributed by atoms with Gasteiger partial charge in [-0.1, -0.05) is 183 Å². The molecule has 61 heavy (non-hydrogen) atoms. The molecule has 0 saturated carbocycles. The Morgan fingerprint density at radius 1 is 0.344 bits per heavy atom. The van der Waals surface area contributed by atoms with Gasteiger partial charge in [0.05, 0.1) is 0 Å². The van der Waals surface area contributed by atoms with Crippen LogP contribution in [-0.4, -0.2) is 37.2 Å². The Kier molecular flexibility index (Phi) is 46.5. The fraction of sp³-hybridized carbons (Fsp3) is 0.691. The molecule has 0 bridgehead atoms. The second-order valence-electron chi connectivity index (χ2n) is 16.3. The second kappa shape index (κ2) is 49.2. The van der Waals surface area contributed by atoms with E-state index in [0.717, 1.165) is 89.9 Å². The number of carbonyl (C=O) groups is 3. The van der Waals surface area contributed by atoms with E-state index in [2.05, 4.69) is 106 Å². The van der Waals surface area contributed by atoms with Crippen LogP contribution in [0.5, 0.6) is 0 Å². The van der Waals surface area contributed by atoms with Crippen molar-refractivity contribution in [2.24, 2.45) is 0 Å². The van der Waals surface area contributed by atoms with E-state index in [1.807, 2.05) is 0 Å². The smallest absolute Gasteiger partial charge is 0.306 e. The van der Waals surface area contributed by atoms with Crippen LogP contribution in [0.25, 0.3) is 0 Å². The standard InChI is InChI=1S/C55H92O6/c1-4-7-10-13-16-19-21-23-25-26-27-28-30-31-33-36-39-42-45-48-54(57)60-51-52(50-59-53(56)47-44-41-38-35-18-15-12-9-6-3)61-55(58)49-46-43-40-37-34-32-29-24-22-20-17-14-11-8-5-2/h7,10,16,19-20,22-23,25,27-28,31,33,35,38,52H,4-6,8-9,11-15,17-18,21,24,26,29-30,32,34,36-37,39-51H2,1-3H3/b10-7-,19-16-,22-20-,25-23-,28-27-,33-31-,38-35-. The van der Waals surface area contributed by atoms with Gasteiger partial charge in [0.1, 0.15) is 13.2 Å². The van der Waals surface area contributed by atoms with Crippen LogP contribution in [0, 0.1) is 0 Å². The monoisotopic (exact) mass is 849 g/mol. The first kappa shape index (κ1) is 57.6. The van der Waals surface area contributed by atoms with Crippen LogP contribution in [0.15, 0.2) is 85.1 Å². The van der Waals surface area contributed by atoms with Crippen molar-refractivity contribution >= 4 is 17.9 Å². The normalized spacial score (nSPS) is 12.8. The third kappa shape index (κ3) is 47.5. The summed E-state index contributed by atoms with van der Waals surface area (Å²) < 4.78 is 16.7. The van der Waals surface area contributed by atoms with E-state index in [4.69, 9.17) is 14.2 Å². The largest absolute Gasteiger partial charge is 0.462 e. The summed E-state index contributed by atoms with van der Waals surface area (Å²) in [5.41, 5.74) is 0.